The zero-order chi connectivity index (χ0) is 37.2. The van der Waals surface area contributed by atoms with E-state index in [1.54, 1.807) is 25.4 Å². The van der Waals surface area contributed by atoms with Gasteiger partial charge in [-0.1, -0.05) is 53.7 Å². The number of benzene rings is 2. The number of unbranched alkanes of at least 4 members (excludes halogenated alkanes) is 1. The highest BCUT2D eigenvalue weighted by molar-refractivity contribution is 7.99. The fourth-order valence-corrected chi connectivity index (χ4v) is 7.69. The molecule has 1 aliphatic rings. The first-order chi connectivity index (χ1) is 25.1. The largest absolute Gasteiger partial charge is 0.488 e. The third-order valence-corrected chi connectivity index (χ3v) is 10.9. The lowest BCUT2D eigenvalue weighted by molar-refractivity contribution is -0.142. The summed E-state index contributed by atoms with van der Waals surface area (Å²) in [5.41, 5.74) is 14.8. The van der Waals surface area contributed by atoms with Crippen LogP contribution in [0.2, 0.25) is 5.02 Å². The van der Waals surface area contributed by atoms with E-state index in [4.69, 9.17) is 23.1 Å². The third-order valence-electron chi connectivity index (χ3n) is 9.26. The Morgan fingerprint density at radius 3 is 2.50 bits per heavy atom. The van der Waals surface area contributed by atoms with Gasteiger partial charge in [-0.15, -0.1) is 0 Å². The summed E-state index contributed by atoms with van der Waals surface area (Å²) in [5.74, 6) is -1.21. The second-order valence-corrected chi connectivity index (χ2v) is 14.3. The van der Waals surface area contributed by atoms with Crippen LogP contribution in [0.1, 0.15) is 48.8 Å². The van der Waals surface area contributed by atoms with Crippen LogP contribution in [0.4, 0.5) is 0 Å². The molecule has 3 amide bonds. The number of nitrogens with two attached hydrogens (primary N) is 2. The number of H-pyrrole nitrogens is 1. The normalized spacial score (nSPS) is 19.1. The Hall–Kier alpha value is -3.96. The van der Waals surface area contributed by atoms with Crippen molar-refractivity contribution < 1.29 is 24.4 Å². The number of halogens is 1. The maximum Gasteiger partial charge on any atom is 0.488 e. The Balaban J connectivity index is 1.59. The lowest BCUT2D eigenvalue weighted by Crippen LogP contribution is -2.57. The molecule has 5 rings (SSSR count). The van der Waals surface area contributed by atoms with Crippen molar-refractivity contribution in [3.63, 3.8) is 0 Å². The molecule has 276 valence electrons. The number of nitrogens with one attached hydrogen (secondary N) is 4. The van der Waals surface area contributed by atoms with Crippen LogP contribution in [0.5, 0.6) is 0 Å². The molecule has 0 fully saturated rings. The number of fused-ring (bicyclic) bond motifs is 3. The first-order valence-electron chi connectivity index (χ1n) is 17.4. The number of hydrogen-bond acceptors (Lipinski definition) is 10. The fraction of sp³-hybridized carbons (Fsp3) is 0.389. The van der Waals surface area contributed by atoms with Gasteiger partial charge in [0.1, 0.15) is 17.1 Å². The van der Waals surface area contributed by atoms with Gasteiger partial charge in [-0.25, -0.2) is 4.98 Å². The summed E-state index contributed by atoms with van der Waals surface area (Å²) in [7, 11) is -0.224. The van der Waals surface area contributed by atoms with E-state index in [2.05, 4.69) is 25.9 Å². The van der Waals surface area contributed by atoms with E-state index < -0.39 is 37.1 Å². The smallest absolute Gasteiger partial charge is 0.423 e. The highest BCUT2D eigenvalue weighted by Gasteiger charge is 2.34. The molecule has 0 saturated carbocycles. The van der Waals surface area contributed by atoms with Crippen LogP contribution in [-0.4, -0.2) is 88.0 Å². The molecule has 16 heteroatoms. The number of hydrogen-bond donors (Lipinski definition) is 8. The zero-order valence-electron chi connectivity index (χ0n) is 29.1. The summed E-state index contributed by atoms with van der Waals surface area (Å²) in [6, 6.07) is 11.9. The Morgan fingerprint density at radius 2 is 1.73 bits per heavy atom. The SMILES string of the molecule is CN1C(=O)C(CCCCN)NC(=O)[C@H](CCCN)NCc2cccnc2Sc2c(Cl)cc(B(O)O)cc2CNC(=O)C1Cc1c[nH]c2ccccc12. The van der Waals surface area contributed by atoms with E-state index >= 15 is 0 Å². The Morgan fingerprint density at radius 1 is 0.962 bits per heavy atom. The quantitative estimate of drug-likeness (QED) is 0.0867. The van der Waals surface area contributed by atoms with Gasteiger partial charge in [0.15, 0.2) is 0 Å². The minimum atomic E-state index is -1.80. The molecule has 3 atom stereocenters. The maximum absolute atomic E-state index is 14.4. The number of amides is 3. The van der Waals surface area contributed by atoms with Crippen LogP contribution in [-0.2, 0) is 33.9 Å². The molecule has 0 aliphatic carbocycles. The Bertz CT molecular complexity index is 1860. The number of rotatable bonds is 10. The molecular formula is C36H46BClN8O5S. The Labute approximate surface area is 312 Å². The molecule has 10 N–H and O–H groups in total. The van der Waals surface area contributed by atoms with Crippen LogP contribution < -0.4 is 32.9 Å². The van der Waals surface area contributed by atoms with Crippen molar-refractivity contribution in [2.45, 2.75) is 79.7 Å². The van der Waals surface area contributed by atoms with Crippen molar-refractivity contribution in [1.29, 1.82) is 0 Å². The lowest BCUT2D eigenvalue weighted by atomic mass is 9.79. The van der Waals surface area contributed by atoms with Crippen molar-refractivity contribution in [2.24, 2.45) is 11.5 Å². The summed E-state index contributed by atoms with van der Waals surface area (Å²) in [6.45, 7) is 1.05. The van der Waals surface area contributed by atoms with Crippen molar-refractivity contribution in [1.82, 2.24) is 30.8 Å². The van der Waals surface area contributed by atoms with E-state index in [9.17, 15) is 24.4 Å². The van der Waals surface area contributed by atoms with Gasteiger partial charge >= 0.3 is 7.12 Å². The number of likely N-dealkylation sites (N-methyl/N-ethyl adjacent to an activating group) is 1. The molecule has 2 aromatic carbocycles. The second-order valence-electron chi connectivity index (χ2n) is 12.9. The van der Waals surface area contributed by atoms with Gasteiger partial charge < -0.3 is 47.3 Å². The van der Waals surface area contributed by atoms with E-state index in [0.29, 0.717) is 60.7 Å². The number of carbonyl (C=O) groups is 3. The molecule has 1 aliphatic heterocycles. The fourth-order valence-electron chi connectivity index (χ4n) is 6.33. The minimum absolute atomic E-state index is 0.0356. The maximum atomic E-state index is 14.4. The molecule has 4 aromatic rings. The van der Waals surface area contributed by atoms with Gasteiger partial charge in [0.05, 0.1) is 11.1 Å². The Kier molecular flexibility index (Phi) is 14.1. The van der Waals surface area contributed by atoms with E-state index in [0.717, 1.165) is 22.0 Å². The average Bonchev–Trinajstić information content (AvgIpc) is 3.55. The summed E-state index contributed by atoms with van der Waals surface area (Å²) in [5, 5.41) is 31.2. The first-order valence-corrected chi connectivity index (χ1v) is 18.6. The van der Waals surface area contributed by atoms with Gasteiger partial charge in [0.2, 0.25) is 17.7 Å². The second kappa shape index (κ2) is 18.7. The monoisotopic (exact) mass is 748 g/mol. The molecule has 3 heterocycles. The molecule has 52 heavy (non-hydrogen) atoms. The van der Waals surface area contributed by atoms with Crippen LogP contribution in [0.25, 0.3) is 10.9 Å². The highest BCUT2D eigenvalue weighted by Crippen LogP contribution is 2.36. The van der Waals surface area contributed by atoms with Gasteiger partial charge in [0, 0.05) is 54.8 Å². The molecule has 2 unspecified atom stereocenters. The summed E-state index contributed by atoms with van der Waals surface area (Å²) in [4.78, 5) is 52.5. The molecular weight excluding hydrogens is 703 g/mol. The number of nitrogens with zero attached hydrogens (tertiary/aromatic N) is 2. The summed E-state index contributed by atoms with van der Waals surface area (Å²) in [6.07, 6.45) is 6.24. The molecule has 2 aromatic heterocycles. The predicted octanol–water partition coefficient (Wildman–Crippen LogP) is 1.56. The standard InChI is InChI=1S/C36H46BClN8O5S/c1-46-31(17-23-20-42-28-10-3-2-9-26(23)28)34(48)44-21-24-16-25(37(50)51)18-27(38)32(24)52-35-22(8-7-15-41-35)19-43-29(12-6-14-40)33(47)45-30(36(46)49)11-4-5-13-39/h2-3,7-10,15-16,18,20,29-31,42-43,50-51H,4-6,11-14,17,19,21,39-40H2,1H3,(H,44,48)(H,45,47)/t29-,30?,31?/m0/s1. The molecule has 0 bridgehead atoms. The zero-order valence-corrected chi connectivity index (χ0v) is 30.7. The summed E-state index contributed by atoms with van der Waals surface area (Å²) >= 11 is 8.05. The summed E-state index contributed by atoms with van der Waals surface area (Å²) < 4.78 is 0. The highest BCUT2D eigenvalue weighted by atomic mass is 35.5. The first kappa shape index (κ1) is 39.3. The van der Waals surface area contributed by atoms with Crippen LogP contribution in [0, 0.1) is 0 Å². The lowest BCUT2D eigenvalue weighted by Gasteiger charge is -2.32. The van der Waals surface area contributed by atoms with Gasteiger partial charge in [0.25, 0.3) is 0 Å². The van der Waals surface area contributed by atoms with Crippen molar-refractivity contribution in [3.05, 3.63) is 82.6 Å². The van der Waals surface area contributed by atoms with Gasteiger partial charge in [-0.3, -0.25) is 14.4 Å². The minimum Gasteiger partial charge on any atom is -0.423 e. The van der Waals surface area contributed by atoms with E-state index in [1.165, 1.54) is 22.7 Å². The van der Waals surface area contributed by atoms with Crippen molar-refractivity contribution in [3.8, 4) is 0 Å². The van der Waals surface area contributed by atoms with Crippen molar-refractivity contribution >= 4 is 64.6 Å². The van der Waals surface area contributed by atoms with Gasteiger partial charge in [-0.2, -0.15) is 0 Å². The molecule has 0 radical (unpaired) electrons. The number of aromatic amines is 1. The van der Waals surface area contributed by atoms with Gasteiger partial charge in [-0.05, 0) is 85.5 Å². The number of aromatic nitrogens is 2. The van der Waals surface area contributed by atoms with Crippen LogP contribution >= 0.6 is 23.4 Å². The number of para-hydroxylation sites is 1. The average molecular weight is 749 g/mol. The van der Waals surface area contributed by atoms with Crippen LogP contribution in [0.3, 0.4) is 0 Å². The third kappa shape index (κ3) is 9.72. The van der Waals surface area contributed by atoms with Crippen LogP contribution in [0.15, 0.2) is 70.8 Å². The number of carbonyl (C=O) groups excluding carboxylic acids is 3. The van der Waals surface area contributed by atoms with Crippen molar-refractivity contribution in [2.75, 3.05) is 20.1 Å². The van der Waals surface area contributed by atoms with E-state index in [-0.39, 0.29) is 35.9 Å². The van der Waals surface area contributed by atoms with E-state index in [1.807, 2.05) is 36.5 Å². The number of pyridine rings is 1. The molecule has 0 spiro atoms. The predicted molar refractivity (Wildman–Crippen MR) is 204 cm³/mol. The molecule has 0 saturated heterocycles. The molecule has 13 nitrogen and oxygen atoms in total. The topological polar surface area (TPSA) is 212 Å².